The first-order valence-corrected chi connectivity index (χ1v) is 11.0. The van der Waals surface area contributed by atoms with Gasteiger partial charge in [-0.15, -0.1) is 0 Å². The monoisotopic (exact) mass is 475 g/mol. The predicted octanol–water partition coefficient (Wildman–Crippen LogP) is 4.17. The van der Waals surface area contributed by atoms with Gasteiger partial charge in [-0.25, -0.2) is 9.29 Å². The van der Waals surface area contributed by atoms with E-state index in [4.69, 9.17) is 16.3 Å². The van der Waals surface area contributed by atoms with Gasteiger partial charge in [0.15, 0.2) is 0 Å². The number of hydrogen-bond acceptors (Lipinski definition) is 5. The number of ketones is 2. The van der Waals surface area contributed by atoms with Crippen molar-refractivity contribution in [3.63, 3.8) is 0 Å². The number of carbonyl (C=O) groups is 4. The molecule has 2 fully saturated rings. The third-order valence-corrected chi connectivity index (χ3v) is 7.05. The van der Waals surface area contributed by atoms with Crippen LogP contribution in [-0.2, 0) is 14.3 Å². The summed E-state index contributed by atoms with van der Waals surface area (Å²) in [5, 5.41) is 0.420. The molecule has 0 bridgehead atoms. The molecule has 168 valence electrons. The van der Waals surface area contributed by atoms with Gasteiger partial charge in [0, 0.05) is 16.1 Å². The highest BCUT2D eigenvalue weighted by molar-refractivity contribution is 6.37. The first-order chi connectivity index (χ1) is 16.3. The molecule has 2 heterocycles. The number of imide groups is 1. The fourth-order valence-corrected chi connectivity index (χ4v) is 5.44. The molecule has 0 aromatic heterocycles. The van der Waals surface area contributed by atoms with Crippen molar-refractivity contribution in [1.29, 1.82) is 0 Å². The number of benzene rings is 3. The molecule has 3 atom stereocenters. The van der Waals surface area contributed by atoms with Crippen LogP contribution >= 0.6 is 11.6 Å². The van der Waals surface area contributed by atoms with E-state index in [1.165, 1.54) is 60.7 Å². The molecule has 1 aliphatic carbocycles. The van der Waals surface area contributed by atoms with Gasteiger partial charge in [-0.05, 0) is 42.0 Å². The minimum atomic E-state index is -2.17. The normalized spacial score (nSPS) is 24.8. The second-order valence-electron chi connectivity index (χ2n) is 8.52. The second-order valence-corrected chi connectivity index (χ2v) is 8.96. The molecule has 2 saturated heterocycles. The van der Waals surface area contributed by atoms with E-state index in [1.807, 2.05) is 0 Å². The van der Waals surface area contributed by atoms with Crippen molar-refractivity contribution >= 4 is 40.7 Å². The Morgan fingerprint density at radius 3 is 1.97 bits per heavy atom. The molecule has 6 nitrogen and oxygen atoms in total. The number of carbonyl (C=O) groups excluding carboxylic acids is 4. The van der Waals surface area contributed by atoms with Gasteiger partial charge in [-0.2, -0.15) is 0 Å². The van der Waals surface area contributed by atoms with Crippen LogP contribution in [0.3, 0.4) is 0 Å². The van der Waals surface area contributed by atoms with E-state index >= 15 is 0 Å². The van der Waals surface area contributed by atoms with Crippen LogP contribution in [0.1, 0.15) is 32.4 Å². The molecule has 3 aliphatic rings. The zero-order valence-electron chi connectivity index (χ0n) is 17.4. The first-order valence-electron chi connectivity index (χ1n) is 10.6. The van der Waals surface area contributed by atoms with Gasteiger partial charge in [0.25, 0.3) is 0 Å². The summed E-state index contributed by atoms with van der Waals surface area (Å²) in [5.41, 5.74) is -1.20. The van der Waals surface area contributed by atoms with Crippen molar-refractivity contribution < 1.29 is 28.3 Å². The quantitative estimate of drug-likeness (QED) is 0.410. The van der Waals surface area contributed by atoms with Crippen LogP contribution in [-0.4, -0.2) is 29.0 Å². The van der Waals surface area contributed by atoms with Gasteiger partial charge >= 0.3 is 0 Å². The van der Waals surface area contributed by atoms with Crippen molar-refractivity contribution in [3.8, 4) is 0 Å². The third kappa shape index (κ3) is 2.59. The SMILES string of the molecule is O=C1C2C(c3ccc(F)cc3)OC3(C(=O)c4ccccc4C3=O)C2C(=O)N1c1ccc(Cl)cc1. The van der Waals surface area contributed by atoms with Crippen LogP contribution in [0.25, 0.3) is 0 Å². The molecule has 34 heavy (non-hydrogen) atoms. The van der Waals surface area contributed by atoms with Gasteiger partial charge in [0.2, 0.25) is 29.0 Å². The maximum atomic E-state index is 13.7. The molecule has 0 N–H and O–H groups in total. The van der Waals surface area contributed by atoms with Crippen molar-refractivity contribution in [2.75, 3.05) is 4.90 Å². The van der Waals surface area contributed by atoms with Gasteiger partial charge < -0.3 is 4.74 Å². The summed E-state index contributed by atoms with van der Waals surface area (Å²) in [6, 6.07) is 17.6. The lowest BCUT2D eigenvalue weighted by Gasteiger charge is -2.27. The summed E-state index contributed by atoms with van der Waals surface area (Å²) in [6.07, 6.45) is -1.10. The van der Waals surface area contributed by atoms with Crippen molar-refractivity contribution in [2.24, 2.45) is 11.8 Å². The Morgan fingerprint density at radius 2 is 1.38 bits per heavy atom. The minimum Gasteiger partial charge on any atom is -0.349 e. The van der Waals surface area contributed by atoms with Crippen LogP contribution in [0.2, 0.25) is 5.02 Å². The molecular weight excluding hydrogens is 461 g/mol. The Labute approximate surface area is 197 Å². The average molecular weight is 476 g/mol. The standard InChI is InChI=1S/C26H15ClFNO5/c27-14-7-11-16(12-8-14)29-24(32)19-20(25(29)33)26(34-21(19)13-5-9-15(28)10-6-13)22(30)17-3-1-2-4-18(17)23(26)31/h1-12,19-21H. The molecule has 3 aromatic rings. The fourth-order valence-electron chi connectivity index (χ4n) is 5.32. The predicted molar refractivity (Wildman–Crippen MR) is 119 cm³/mol. The molecule has 2 aliphatic heterocycles. The van der Waals surface area contributed by atoms with E-state index in [2.05, 4.69) is 0 Å². The zero-order chi connectivity index (χ0) is 23.8. The van der Waals surface area contributed by atoms with Crippen molar-refractivity contribution in [3.05, 3.63) is 100 Å². The van der Waals surface area contributed by atoms with E-state index in [-0.39, 0.29) is 16.8 Å². The highest BCUT2D eigenvalue weighted by atomic mass is 35.5. The Kier molecular flexibility index (Phi) is 4.40. The molecular formula is C26H15ClFNO5. The molecule has 1 spiro atoms. The van der Waals surface area contributed by atoms with Gasteiger partial charge in [-0.1, -0.05) is 48.0 Å². The van der Waals surface area contributed by atoms with Crippen LogP contribution < -0.4 is 4.90 Å². The van der Waals surface area contributed by atoms with E-state index in [0.29, 0.717) is 10.6 Å². The Hall–Kier alpha value is -3.68. The summed E-state index contributed by atoms with van der Waals surface area (Å²) < 4.78 is 19.7. The summed E-state index contributed by atoms with van der Waals surface area (Å²) >= 11 is 5.96. The number of amides is 2. The topological polar surface area (TPSA) is 80.8 Å². The Morgan fingerprint density at radius 1 is 0.794 bits per heavy atom. The van der Waals surface area contributed by atoms with Crippen LogP contribution in [0, 0.1) is 17.7 Å². The highest BCUT2D eigenvalue weighted by Crippen LogP contribution is 2.57. The van der Waals surface area contributed by atoms with Crippen LogP contribution in [0.5, 0.6) is 0 Å². The third-order valence-electron chi connectivity index (χ3n) is 6.80. The van der Waals surface area contributed by atoms with E-state index in [0.717, 1.165) is 4.90 Å². The minimum absolute atomic E-state index is 0.149. The molecule has 0 saturated carbocycles. The number of ether oxygens (including phenoxy) is 1. The van der Waals surface area contributed by atoms with E-state index < -0.39 is 52.7 Å². The maximum Gasteiger partial charge on any atom is 0.241 e. The number of Topliss-reactive ketones (excluding diaryl/α,β-unsaturated/α-hetero) is 2. The lowest BCUT2D eigenvalue weighted by molar-refractivity contribution is -0.127. The molecule has 0 radical (unpaired) electrons. The number of hydrogen-bond donors (Lipinski definition) is 0. The number of nitrogens with zero attached hydrogens (tertiary/aromatic N) is 1. The lowest BCUT2D eigenvalue weighted by Crippen LogP contribution is -2.51. The number of anilines is 1. The largest absolute Gasteiger partial charge is 0.349 e. The van der Waals surface area contributed by atoms with Gasteiger partial charge in [0.05, 0.1) is 23.6 Å². The Bertz CT molecular complexity index is 1370. The maximum absolute atomic E-state index is 13.7. The van der Waals surface area contributed by atoms with Gasteiger partial charge in [0.1, 0.15) is 5.82 Å². The number of rotatable bonds is 2. The van der Waals surface area contributed by atoms with Crippen LogP contribution in [0.15, 0.2) is 72.8 Å². The summed E-state index contributed by atoms with van der Waals surface area (Å²) in [4.78, 5) is 55.7. The Balaban J connectivity index is 1.54. The zero-order valence-corrected chi connectivity index (χ0v) is 18.2. The molecule has 3 unspecified atom stereocenters. The summed E-state index contributed by atoms with van der Waals surface area (Å²) in [7, 11) is 0. The molecule has 3 aromatic carbocycles. The van der Waals surface area contributed by atoms with Gasteiger partial charge in [-0.3, -0.25) is 19.2 Å². The van der Waals surface area contributed by atoms with E-state index in [9.17, 15) is 23.6 Å². The lowest BCUT2D eigenvalue weighted by atomic mass is 9.77. The number of fused-ring (bicyclic) bond motifs is 3. The van der Waals surface area contributed by atoms with Crippen LogP contribution in [0.4, 0.5) is 10.1 Å². The highest BCUT2D eigenvalue weighted by Gasteiger charge is 2.74. The van der Waals surface area contributed by atoms with Crippen molar-refractivity contribution in [1.82, 2.24) is 0 Å². The fraction of sp³-hybridized carbons (Fsp3) is 0.154. The van der Waals surface area contributed by atoms with Crippen molar-refractivity contribution in [2.45, 2.75) is 11.7 Å². The van der Waals surface area contributed by atoms with E-state index in [1.54, 1.807) is 12.1 Å². The first kappa shape index (κ1) is 20.9. The average Bonchev–Trinajstić information content (AvgIpc) is 3.40. The molecule has 6 rings (SSSR count). The smallest absolute Gasteiger partial charge is 0.241 e. The summed E-state index contributed by atoms with van der Waals surface area (Å²) in [5.74, 6) is -5.59. The number of halogens is 2. The molecule has 2 amide bonds. The molecule has 8 heteroatoms. The summed E-state index contributed by atoms with van der Waals surface area (Å²) in [6.45, 7) is 0. The second kappa shape index (κ2) is 7.16.